The van der Waals surface area contributed by atoms with Gasteiger partial charge in [-0.2, -0.15) is 23.2 Å². The van der Waals surface area contributed by atoms with Crippen LogP contribution in [0.3, 0.4) is 0 Å². The molecule has 35 heavy (non-hydrogen) atoms. The fourth-order valence-electron chi connectivity index (χ4n) is 3.66. The molecule has 0 aliphatic rings. The van der Waals surface area contributed by atoms with Crippen LogP contribution in [0.4, 0.5) is 17.6 Å². The van der Waals surface area contributed by atoms with Gasteiger partial charge in [0.2, 0.25) is 10.0 Å². The maximum absolute atomic E-state index is 14.0. The number of nitrogens with one attached hydrogen (secondary N) is 1. The summed E-state index contributed by atoms with van der Waals surface area (Å²) in [6.07, 6.45) is -2.31. The third kappa shape index (κ3) is 4.48. The molecule has 7 nitrogen and oxygen atoms in total. The number of sulfonamides is 1. The van der Waals surface area contributed by atoms with Gasteiger partial charge in [-0.3, -0.25) is 9.55 Å². The number of hydrogen-bond donors (Lipinski definition) is 1. The summed E-state index contributed by atoms with van der Waals surface area (Å²) in [7, 11) is -4.55. The van der Waals surface area contributed by atoms with E-state index in [1.54, 1.807) is 27.5 Å². The lowest BCUT2D eigenvalue weighted by Gasteiger charge is -2.18. The lowest BCUT2D eigenvalue weighted by atomic mass is 10.1. The van der Waals surface area contributed by atoms with Gasteiger partial charge in [-0.15, -0.1) is 0 Å². The predicted octanol–water partition coefficient (Wildman–Crippen LogP) is 4.64. The molecule has 12 heteroatoms. The Kier molecular flexibility index (Phi) is 6.08. The Labute approximate surface area is 197 Å². The van der Waals surface area contributed by atoms with Crippen molar-refractivity contribution in [1.82, 2.24) is 19.3 Å². The Morgan fingerprint density at radius 2 is 1.89 bits per heavy atom. The number of nitrogens with zero attached hydrogens (tertiary/aromatic N) is 4. The molecule has 1 N–H and O–H groups in total. The molecule has 0 saturated heterocycles. The molecule has 3 aromatic heterocycles. The Hall–Kier alpha value is -3.82. The first-order chi connectivity index (χ1) is 16.4. The van der Waals surface area contributed by atoms with Gasteiger partial charge < -0.3 is 0 Å². The van der Waals surface area contributed by atoms with Gasteiger partial charge in [0.15, 0.2) is 0 Å². The van der Waals surface area contributed by atoms with E-state index in [4.69, 9.17) is 0 Å². The van der Waals surface area contributed by atoms with Crippen molar-refractivity contribution in [2.75, 3.05) is 0 Å². The quantitative estimate of drug-likeness (QED) is 0.400. The average Bonchev–Trinajstić information content (AvgIpc) is 3.11. The molecule has 4 aromatic rings. The number of hydrogen-bond acceptors (Lipinski definition) is 5. The molecule has 1 aromatic carbocycles. The maximum Gasteiger partial charge on any atom is 0.404 e. The zero-order valence-electron chi connectivity index (χ0n) is 18.3. The van der Waals surface area contributed by atoms with Crippen LogP contribution < -0.4 is 4.72 Å². The minimum Gasteiger partial charge on any atom is -0.291 e. The van der Waals surface area contributed by atoms with Crippen molar-refractivity contribution in [2.24, 2.45) is 0 Å². The Bertz CT molecular complexity index is 1580. The third-order valence-electron chi connectivity index (χ3n) is 5.34. The highest BCUT2D eigenvalue weighted by Gasteiger charge is 2.39. The molecule has 0 aliphatic heterocycles. The second-order valence-electron chi connectivity index (χ2n) is 7.74. The Morgan fingerprint density at radius 1 is 1.14 bits per heavy atom. The zero-order valence-corrected chi connectivity index (χ0v) is 19.1. The highest BCUT2D eigenvalue weighted by Crippen LogP contribution is 2.36. The van der Waals surface area contributed by atoms with Gasteiger partial charge >= 0.3 is 6.18 Å². The number of pyridine rings is 2. The summed E-state index contributed by atoms with van der Waals surface area (Å²) >= 11 is 0. The third-order valence-corrected chi connectivity index (χ3v) is 7.01. The van der Waals surface area contributed by atoms with Crippen LogP contribution in [0.1, 0.15) is 18.1 Å². The minimum atomic E-state index is -4.77. The number of benzene rings is 1. The van der Waals surface area contributed by atoms with E-state index >= 15 is 0 Å². The van der Waals surface area contributed by atoms with Gasteiger partial charge in [-0.25, -0.2) is 17.8 Å². The second kappa shape index (κ2) is 8.75. The highest BCUT2D eigenvalue weighted by atomic mass is 32.2. The maximum atomic E-state index is 14.0. The molecule has 1 atom stereocenters. The summed E-state index contributed by atoms with van der Waals surface area (Å²) in [4.78, 5) is 8.03. The van der Waals surface area contributed by atoms with Gasteiger partial charge in [0.1, 0.15) is 28.6 Å². The number of halogens is 4. The van der Waals surface area contributed by atoms with Gasteiger partial charge in [0.25, 0.3) is 0 Å². The molecule has 4 rings (SSSR count). The number of rotatable bonds is 5. The molecule has 0 bridgehead atoms. The molecule has 180 valence electrons. The summed E-state index contributed by atoms with van der Waals surface area (Å²) in [6, 6.07) is 10.1. The fraction of sp³-hybridized carbons (Fsp3) is 0.174. The van der Waals surface area contributed by atoms with E-state index in [0.717, 1.165) is 6.20 Å². The molecule has 3 heterocycles. The minimum absolute atomic E-state index is 0.0801. The summed E-state index contributed by atoms with van der Waals surface area (Å²) < 4.78 is 81.1. The summed E-state index contributed by atoms with van der Waals surface area (Å²) in [5.74, 6) is -0.161. The molecular formula is C23H17F4N5O2S. The van der Waals surface area contributed by atoms with Gasteiger partial charge in [0, 0.05) is 17.8 Å². The fourth-order valence-corrected chi connectivity index (χ4v) is 5.06. The number of fused-ring (bicyclic) bond motifs is 1. The van der Waals surface area contributed by atoms with Gasteiger partial charge in [-0.05, 0) is 55.8 Å². The van der Waals surface area contributed by atoms with Crippen molar-refractivity contribution in [1.29, 1.82) is 5.26 Å². The SMILES string of the molecule is Cc1cc(-c2c(C#N)c3cc(F)ccc3n2-c2ccccn2)ncc1S(=O)(=O)NC(C)C(F)(F)F. The van der Waals surface area contributed by atoms with Crippen molar-refractivity contribution in [3.63, 3.8) is 0 Å². The normalized spacial score (nSPS) is 13.1. The van der Waals surface area contributed by atoms with Crippen molar-refractivity contribution >= 4 is 20.9 Å². The Morgan fingerprint density at radius 3 is 2.49 bits per heavy atom. The van der Waals surface area contributed by atoms with Crippen LogP contribution in [0, 0.1) is 24.1 Å². The molecule has 1 unspecified atom stereocenters. The molecule has 0 saturated carbocycles. The van der Waals surface area contributed by atoms with Crippen LogP contribution in [0.25, 0.3) is 28.1 Å². The van der Waals surface area contributed by atoms with Crippen LogP contribution in [-0.2, 0) is 10.0 Å². The molecule has 0 radical (unpaired) electrons. The van der Waals surface area contributed by atoms with E-state index < -0.39 is 33.0 Å². The molecule has 0 spiro atoms. The van der Waals surface area contributed by atoms with E-state index in [-0.39, 0.29) is 22.5 Å². The lowest BCUT2D eigenvalue weighted by molar-refractivity contribution is -0.147. The monoisotopic (exact) mass is 503 g/mol. The first-order valence-corrected chi connectivity index (χ1v) is 11.6. The van der Waals surface area contributed by atoms with Crippen LogP contribution in [-0.4, -0.2) is 35.2 Å². The standard InChI is InChI=1S/C23H17F4N5O2S/c1-13-9-18(30-12-20(13)35(33,34)31-14(2)23(25,26)27)22-17(11-28)16-10-15(24)6-7-19(16)32(22)21-5-3-4-8-29-21/h3-10,12,14,31H,1-2H3. The molecular weight excluding hydrogens is 486 g/mol. The second-order valence-corrected chi connectivity index (χ2v) is 9.42. The van der Waals surface area contributed by atoms with E-state index in [2.05, 4.69) is 16.0 Å². The van der Waals surface area contributed by atoms with Gasteiger partial charge in [-0.1, -0.05) is 6.07 Å². The van der Waals surface area contributed by atoms with E-state index in [1.165, 1.54) is 37.4 Å². The molecule has 0 amide bonds. The molecule has 0 fully saturated rings. The summed E-state index contributed by atoms with van der Waals surface area (Å²) in [5.41, 5.74) is 1.04. The average molecular weight is 503 g/mol. The van der Waals surface area contributed by atoms with E-state index in [9.17, 15) is 31.2 Å². The van der Waals surface area contributed by atoms with E-state index in [1.807, 2.05) is 0 Å². The highest BCUT2D eigenvalue weighted by molar-refractivity contribution is 7.89. The number of nitriles is 1. The summed E-state index contributed by atoms with van der Waals surface area (Å²) in [6.45, 7) is 2.09. The van der Waals surface area contributed by atoms with Gasteiger partial charge in [0.05, 0.1) is 22.5 Å². The largest absolute Gasteiger partial charge is 0.404 e. The van der Waals surface area contributed by atoms with E-state index in [0.29, 0.717) is 23.6 Å². The van der Waals surface area contributed by atoms with Crippen LogP contribution in [0.15, 0.2) is 59.8 Å². The number of aryl methyl sites for hydroxylation is 1. The smallest absolute Gasteiger partial charge is 0.291 e. The van der Waals surface area contributed by atoms with Crippen LogP contribution in [0.5, 0.6) is 0 Å². The lowest BCUT2D eigenvalue weighted by Crippen LogP contribution is -2.43. The topological polar surface area (TPSA) is 101 Å². The number of alkyl halides is 3. The first kappa shape index (κ1) is 24.3. The zero-order chi connectivity index (χ0) is 25.5. The van der Waals surface area contributed by atoms with Crippen molar-refractivity contribution in [2.45, 2.75) is 31.0 Å². The Balaban J connectivity index is 1.92. The van der Waals surface area contributed by atoms with Crippen molar-refractivity contribution in [3.8, 4) is 23.3 Å². The van der Waals surface area contributed by atoms with Crippen molar-refractivity contribution in [3.05, 3.63) is 71.8 Å². The van der Waals surface area contributed by atoms with Crippen LogP contribution in [0.2, 0.25) is 0 Å². The first-order valence-electron chi connectivity index (χ1n) is 10.2. The number of aromatic nitrogens is 3. The summed E-state index contributed by atoms with van der Waals surface area (Å²) in [5, 5.41) is 10.2. The van der Waals surface area contributed by atoms with Crippen LogP contribution >= 0.6 is 0 Å². The predicted molar refractivity (Wildman–Crippen MR) is 120 cm³/mol. The van der Waals surface area contributed by atoms with Crippen molar-refractivity contribution < 1.29 is 26.0 Å². The molecule has 0 aliphatic carbocycles.